The van der Waals surface area contributed by atoms with Gasteiger partial charge in [0.25, 0.3) is 0 Å². The van der Waals surface area contributed by atoms with Crippen LogP contribution in [0.25, 0.3) is 0 Å². The lowest BCUT2D eigenvalue weighted by atomic mass is 10.2. The fraction of sp³-hybridized carbons (Fsp3) is 0.154. The van der Waals surface area contributed by atoms with Crippen LogP contribution in [0.15, 0.2) is 40.5 Å². The van der Waals surface area contributed by atoms with Crippen molar-refractivity contribution in [3.8, 4) is 5.75 Å². The molecule has 0 aliphatic rings. The molecule has 0 bridgehead atoms. The van der Waals surface area contributed by atoms with Gasteiger partial charge in [0.05, 0.1) is 12.7 Å². The highest BCUT2D eigenvalue weighted by atomic mass is 32.2. The van der Waals surface area contributed by atoms with Crippen LogP contribution in [0.5, 0.6) is 5.75 Å². The molecule has 2 rings (SSSR count). The zero-order valence-electron chi connectivity index (χ0n) is 10.5. The van der Waals surface area contributed by atoms with E-state index in [-0.39, 0.29) is 5.56 Å². The summed E-state index contributed by atoms with van der Waals surface area (Å²) in [5.41, 5.74) is 1.04. The number of carbonyl (C=O) groups is 1. The van der Waals surface area contributed by atoms with Gasteiger partial charge in [-0.1, -0.05) is 0 Å². The molecule has 1 heterocycles. The Morgan fingerprint density at radius 2 is 2.16 bits per heavy atom. The number of hydrogen-bond acceptors (Lipinski definition) is 5. The van der Waals surface area contributed by atoms with Crippen molar-refractivity contribution in [1.82, 2.24) is 9.97 Å². The van der Waals surface area contributed by atoms with Crippen molar-refractivity contribution in [2.45, 2.75) is 17.0 Å². The molecule has 0 spiro atoms. The third-order valence-corrected chi connectivity index (χ3v) is 3.33. The number of carboxylic acid groups (broad SMARTS) is 1. The number of hydrogen-bond donors (Lipinski definition) is 1. The first-order chi connectivity index (χ1) is 9.10. The first-order valence-electron chi connectivity index (χ1n) is 5.49. The van der Waals surface area contributed by atoms with Crippen LogP contribution in [0.1, 0.15) is 16.1 Å². The van der Waals surface area contributed by atoms with Crippen LogP contribution < -0.4 is 4.74 Å². The SMILES string of the molecule is COc1ccc(C(=O)O)c(Sc2nccc(C)n2)c1. The van der Waals surface area contributed by atoms with Gasteiger partial charge in [0.1, 0.15) is 5.75 Å². The molecule has 2 aromatic rings. The van der Waals surface area contributed by atoms with Gasteiger partial charge in [0.2, 0.25) is 0 Å². The Morgan fingerprint density at radius 1 is 1.37 bits per heavy atom. The van der Waals surface area contributed by atoms with Gasteiger partial charge in [0, 0.05) is 16.8 Å². The van der Waals surface area contributed by atoms with Crippen LogP contribution in [0.4, 0.5) is 0 Å². The van der Waals surface area contributed by atoms with Crippen molar-refractivity contribution in [2.75, 3.05) is 7.11 Å². The summed E-state index contributed by atoms with van der Waals surface area (Å²) in [5.74, 6) is -0.391. The standard InChI is InChI=1S/C13H12N2O3S/c1-8-5-6-14-13(15-8)19-11-7-9(18-2)3-4-10(11)12(16)17/h3-7H,1-2H3,(H,16,17). The summed E-state index contributed by atoms with van der Waals surface area (Å²) in [6.07, 6.45) is 1.64. The summed E-state index contributed by atoms with van der Waals surface area (Å²) in [4.78, 5) is 20.1. The van der Waals surface area contributed by atoms with Crippen LogP contribution in [-0.2, 0) is 0 Å². The van der Waals surface area contributed by atoms with Gasteiger partial charge in [-0.3, -0.25) is 0 Å². The number of aryl methyl sites for hydroxylation is 1. The molecule has 6 heteroatoms. The number of aromatic carboxylic acids is 1. The minimum absolute atomic E-state index is 0.205. The smallest absolute Gasteiger partial charge is 0.336 e. The summed E-state index contributed by atoms with van der Waals surface area (Å²) in [6.45, 7) is 1.86. The molecule has 0 aliphatic heterocycles. The number of nitrogens with zero attached hydrogens (tertiary/aromatic N) is 2. The van der Waals surface area contributed by atoms with E-state index in [9.17, 15) is 4.79 Å². The Morgan fingerprint density at radius 3 is 2.79 bits per heavy atom. The summed E-state index contributed by atoms with van der Waals surface area (Å²) in [5, 5.41) is 9.68. The molecule has 5 nitrogen and oxygen atoms in total. The van der Waals surface area contributed by atoms with Gasteiger partial charge in [0.15, 0.2) is 5.16 Å². The molecule has 0 amide bonds. The second-order valence-corrected chi connectivity index (χ2v) is 4.76. The Hall–Kier alpha value is -2.08. The van der Waals surface area contributed by atoms with Crippen LogP contribution in [0.2, 0.25) is 0 Å². The maximum absolute atomic E-state index is 11.2. The lowest BCUT2D eigenvalue weighted by molar-refractivity contribution is 0.0693. The zero-order valence-corrected chi connectivity index (χ0v) is 11.3. The zero-order chi connectivity index (χ0) is 13.8. The number of ether oxygens (including phenoxy) is 1. The molecule has 0 unspecified atom stereocenters. The second-order valence-electron chi connectivity index (χ2n) is 3.75. The normalized spacial score (nSPS) is 10.2. The van der Waals surface area contributed by atoms with Crippen molar-refractivity contribution in [1.29, 1.82) is 0 Å². The molecular formula is C13H12N2O3S. The Kier molecular flexibility index (Phi) is 4.01. The van der Waals surface area contributed by atoms with Crippen molar-refractivity contribution in [3.05, 3.63) is 41.7 Å². The minimum Gasteiger partial charge on any atom is -0.497 e. The van der Waals surface area contributed by atoms with Crippen LogP contribution in [0, 0.1) is 6.92 Å². The summed E-state index contributed by atoms with van der Waals surface area (Å²) < 4.78 is 5.10. The largest absolute Gasteiger partial charge is 0.497 e. The molecule has 0 fully saturated rings. The van der Waals surface area contributed by atoms with E-state index in [4.69, 9.17) is 9.84 Å². The number of aromatic nitrogens is 2. The number of benzene rings is 1. The molecular weight excluding hydrogens is 264 g/mol. The van der Waals surface area contributed by atoms with E-state index in [1.54, 1.807) is 24.4 Å². The van der Waals surface area contributed by atoms with Crippen LogP contribution >= 0.6 is 11.8 Å². The van der Waals surface area contributed by atoms with Gasteiger partial charge in [-0.05, 0) is 43.0 Å². The molecule has 0 atom stereocenters. The Balaban J connectivity index is 2.39. The topological polar surface area (TPSA) is 72.3 Å². The first kappa shape index (κ1) is 13.4. The van der Waals surface area contributed by atoms with E-state index in [0.29, 0.717) is 15.8 Å². The summed E-state index contributed by atoms with van der Waals surface area (Å²) in [7, 11) is 1.54. The molecule has 0 aliphatic carbocycles. The average molecular weight is 276 g/mol. The molecule has 1 N–H and O–H groups in total. The average Bonchev–Trinajstić information content (AvgIpc) is 2.38. The maximum atomic E-state index is 11.2. The molecule has 0 saturated carbocycles. The monoisotopic (exact) mass is 276 g/mol. The quantitative estimate of drug-likeness (QED) is 0.865. The molecule has 0 radical (unpaired) electrons. The Labute approximate surface area is 114 Å². The van der Waals surface area contributed by atoms with Crippen molar-refractivity contribution in [2.24, 2.45) is 0 Å². The van der Waals surface area contributed by atoms with Crippen molar-refractivity contribution in [3.63, 3.8) is 0 Å². The molecule has 1 aromatic heterocycles. The molecule has 0 saturated heterocycles. The number of carboxylic acids is 1. The van der Waals surface area contributed by atoms with Crippen molar-refractivity contribution < 1.29 is 14.6 Å². The highest BCUT2D eigenvalue weighted by Gasteiger charge is 2.13. The first-order valence-corrected chi connectivity index (χ1v) is 6.30. The Bertz CT molecular complexity index is 617. The molecule has 98 valence electrons. The number of methoxy groups -OCH3 is 1. The fourth-order valence-corrected chi connectivity index (χ4v) is 2.40. The van der Waals surface area contributed by atoms with E-state index in [0.717, 1.165) is 5.69 Å². The van der Waals surface area contributed by atoms with Gasteiger partial charge in [-0.25, -0.2) is 14.8 Å². The third-order valence-electron chi connectivity index (χ3n) is 2.39. The van der Waals surface area contributed by atoms with E-state index in [1.165, 1.54) is 24.9 Å². The van der Waals surface area contributed by atoms with Crippen LogP contribution in [-0.4, -0.2) is 28.2 Å². The molecule has 19 heavy (non-hydrogen) atoms. The van der Waals surface area contributed by atoms with Crippen molar-refractivity contribution >= 4 is 17.7 Å². The van der Waals surface area contributed by atoms with E-state index >= 15 is 0 Å². The minimum atomic E-state index is -0.988. The number of rotatable bonds is 4. The van der Waals surface area contributed by atoms with E-state index < -0.39 is 5.97 Å². The van der Waals surface area contributed by atoms with E-state index in [2.05, 4.69) is 9.97 Å². The lowest BCUT2D eigenvalue weighted by Gasteiger charge is -2.07. The lowest BCUT2D eigenvalue weighted by Crippen LogP contribution is -2.00. The van der Waals surface area contributed by atoms with Gasteiger partial charge >= 0.3 is 5.97 Å². The summed E-state index contributed by atoms with van der Waals surface area (Å²) >= 11 is 1.20. The maximum Gasteiger partial charge on any atom is 0.336 e. The third kappa shape index (κ3) is 3.23. The predicted octanol–water partition coefficient (Wildman–Crippen LogP) is 2.64. The van der Waals surface area contributed by atoms with E-state index in [1.807, 2.05) is 6.92 Å². The highest BCUT2D eigenvalue weighted by molar-refractivity contribution is 7.99. The van der Waals surface area contributed by atoms with Gasteiger partial charge in [-0.15, -0.1) is 0 Å². The van der Waals surface area contributed by atoms with Gasteiger partial charge < -0.3 is 9.84 Å². The second kappa shape index (κ2) is 5.71. The van der Waals surface area contributed by atoms with Crippen LogP contribution in [0.3, 0.4) is 0 Å². The molecule has 1 aromatic carbocycles. The van der Waals surface area contributed by atoms with Gasteiger partial charge in [-0.2, -0.15) is 0 Å². The predicted molar refractivity (Wildman–Crippen MR) is 70.8 cm³/mol. The fourth-order valence-electron chi connectivity index (χ4n) is 1.46. The highest BCUT2D eigenvalue weighted by Crippen LogP contribution is 2.31. The summed E-state index contributed by atoms with van der Waals surface area (Å²) in [6, 6.07) is 6.58.